The lowest BCUT2D eigenvalue weighted by molar-refractivity contribution is -0.137. The quantitative estimate of drug-likeness (QED) is 0.371. The Balaban J connectivity index is 1.75. The predicted molar refractivity (Wildman–Crippen MR) is 94.5 cm³/mol. The summed E-state index contributed by atoms with van der Waals surface area (Å²) >= 11 is 0. The molecule has 5 nitrogen and oxygen atoms in total. The second-order valence-electron chi connectivity index (χ2n) is 5.36. The fraction of sp³-hybridized carbons (Fsp3) is 0.333. The molecule has 0 aliphatic rings. The summed E-state index contributed by atoms with van der Waals surface area (Å²) in [6, 6.07) is 6.83. The lowest BCUT2D eigenvalue weighted by Crippen LogP contribution is -2.38. The minimum absolute atomic E-state index is 0.273. The second kappa shape index (κ2) is 9.51. The summed E-state index contributed by atoms with van der Waals surface area (Å²) in [5, 5.41) is 10.3. The maximum atomic E-state index is 12.7. The largest absolute Gasteiger partial charge is 0.416 e. The number of nitrogens with one attached hydrogen (secondary N) is 2. The molecule has 2 aromatic rings. The molecule has 2 N–H and O–H groups in total. The van der Waals surface area contributed by atoms with Crippen molar-refractivity contribution in [2.45, 2.75) is 19.1 Å². The van der Waals surface area contributed by atoms with Gasteiger partial charge in [-0.2, -0.15) is 18.3 Å². The molecule has 26 heavy (non-hydrogen) atoms. The highest BCUT2D eigenvalue weighted by Gasteiger charge is 2.30. The molecule has 0 saturated heterocycles. The second-order valence-corrected chi connectivity index (χ2v) is 5.36. The van der Waals surface area contributed by atoms with Crippen LogP contribution < -0.4 is 10.6 Å². The van der Waals surface area contributed by atoms with E-state index in [9.17, 15) is 13.2 Å². The molecule has 1 aromatic carbocycles. The van der Waals surface area contributed by atoms with Crippen molar-refractivity contribution >= 4 is 5.96 Å². The number of hydrogen-bond acceptors (Lipinski definition) is 2. The van der Waals surface area contributed by atoms with Crippen molar-refractivity contribution in [2.24, 2.45) is 4.99 Å². The third kappa shape index (κ3) is 6.51. The Hall–Kier alpha value is -2.95. The van der Waals surface area contributed by atoms with E-state index in [4.69, 9.17) is 0 Å². The van der Waals surface area contributed by atoms with Crippen molar-refractivity contribution < 1.29 is 13.2 Å². The zero-order valence-electron chi connectivity index (χ0n) is 14.3. The number of guanidine groups is 1. The van der Waals surface area contributed by atoms with Crippen molar-refractivity contribution in [1.29, 1.82) is 0 Å². The number of rotatable bonds is 5. The third-order valence-corrected chi connectivity index (χ3v) is 3.41. The van der Waals surface area contributed by atoms with E-state index in [2.05, 4.69) is 32.6 Å². The molecule has 8 heteroatoms. The minimum atomic E-state index is -4.36. The monoisotopic (exact) mass is 363 g/mol. The molecule has 0 unspecified atom stereocenters. The first-order valence-corrected chi connectivity index (χ1v) is 8.07. The van der Waals surface area contributed by atoms with Gasteiger partial charge in [0.2, 0.25) is 0 Å². The van der Waals surface area contributed by atoms with Gasteiger partial charge in [-0.25, -0.2) is 0 Å². The third-order valence-electron chi connectivity index (χ3n) is 3.41. The van der Waals surface area contributed by atoms with E-state index in [1.165, 1.54) is 6.07 Å². The van der Waals surface area contributed by atoms with Crippen LogP contribution in [0.25, 0.3) is 0 Å². The molecule has 2 rings (SSSR count). The van der Waals surface area contributed by atoms with Gasteiger partial charge in [0, 0.05) is 38.1 Å². The summed E-state index contributed by atoms with van der Waals surface area (Å²) in [5.74, 6) is 6.10. The fourth-order valence-corrected chi connectivity index (χ4v) is 2.15. The Morgan fingerprint density at radius 2 is 2.12 bits per heavy atom. The first-order chi connectivity index (χ1) is 12.5. The van der Waals surface area contributed by atoms with Crippen molar-refractivity contribution in [1.82, 2.24) is 20.4 Å². The molecule has 1 aromatic heterocycles. The van der Waals surface area contributed by atoms with E-state index in [1.807, 2.05) is 16.9 Å². The van der Waals surface area contributed by atoms with Gasteiger partial charge in [-0.3, -0.25) is 9.67 Å². The smallest absolute Gasteiger partial charge is 0.356 e. The molecule has 0 bridgehead atoms. The standard InChI is InChI=1S/C18H20F3N5/c1-22-17(24-10-4-12-26-13-5-11-25-26)23-9-3-7-15-6-2-8-16(14-15)18(19,20)21/h2,5-6,8,11,13-14H,4,9-10,12H2,1H3,(H2,22,23,24). The first kappa shape index (κ1) is 19.4. The highest BCUT2D eigenvalue weighted by Crippen LogP contribution is 2.29. The molecule has 0 aliphatic carbocycles. The summed E-state index contributed by atoms with van der Waals surface area (Å²) in [7, 11) is 1.64. The van der Waals surface area contributed by atoms with Crippen LogP contribution in [0.1, 0.15) is 17.5 Å². The summed E-state index contributed by atoms with van der Waals surface area (Å²) in [5.41, 5.74) is -0.379. The lowest BCUT2D eigenvalue weighted by Gasteiger charge is -2.09. The van der Waals surface area contributed by atoms with Crippen molar-refractivity contribution in [3.8, 4) is 11.8 Å². The Kier molecular flexibility index (Phi) is 7.09. The summed E-state index contributed by atoms with van der Waals surface area (Å²) in [6.07, 6.45) is 0.143. The number of halogens is 3. The lowest BCUT2D eigenvalue weighted by atomic mass is 10.1. The van der Waals surface area contributed by atoms with Crippen molar-refractivity contribution in [2.75, 3.05) is 20.1 Å². The van der Waals surface area contributed by atoms with Crippen LogP contribution in [0.15, 0.2) is 47.7 Å². The number of aliphatic imine (C=N–C) groups is 1. The molecule has 138 valence electrons. The zero-order valence-corrected chi connectivity index (χ0v) is 14.3. The Morgan fingerprint density at radius 1 is 1.27 bits per heavy atom. The molecule has 0 aliphatic heterocycles. The topological polar surface area (TPSA) is 54.2 Å². The van der Waals surface area contributed by atoms with Gasteiger partial charge < -0.3 is 10.6 Å². The molecule has 0 radical (unpaired) electrons. The molecule has 0 amide bonds. The zero-order chi connectivity index (χ0) is 18.8. The number of aromatic nitrogens is 2. The number of alkyl halides is 3. The van der Waals surface area contributed by atoms with Crippen LogP contribution >= 0.6 is 0 Å². The van der Waals surface area contributed by atoms with E-state index in [1.54, 1.807) is 19.3 Å². The predicted octanol–water partition coefficient (Wildman–Crippen LogP) is 2.51. The van der Waals surface area contributed by atoms with Crippen LogP contribution in [0.4, 0.5) is 13.2 Å². The first-order valence-electron chi connectivity index (χ1n) is 8.07. The van der Waals surface area contributed by atoms with Crippen LogP contribution in [0, 0.1) is 11.8 Å². The van der Waals surface area contributed by atoms with Gasteiger partial charge in [0.05, 0.1) is 12.1 Å². The van der Waals surface area contributed by atoms with Crippen molar-refractivity contribution in [3.05, 3.63) is 53.9 Å². The maximum absolute atomic E-state index is 12.7. The highest BCUT2D eigenvalue weighted by atomic mass is 19.4. The Morgan fingerprint density at radius 3 is 2.81 bits per heavy atom. The van der Waals surface area contributed by atoms with Gasteiger partial charge >= 0.3 is 6.18 Å². The summed E-state index contributed by atoms with van der Waals surface area (Å²) in [6.45, 7) is 1.78. The highest BCUT2D eigenvalue weighted by molar-refractivity contribution is 5.79. The summed E-state index contributed by atoms with van der Waals surface area (Å²) < 4.78 is 39.8. The van der Waals surface area contributed by atoms with Gasteiger partial charge in [0.1, 0.15) is 0 Å². The van der Waals surface area contributed by atoms with Crippen LogP contribution in [0.5, 0.6) is 0 Å². The Bertz CT molecular complexity index is 770. The molecular formula is C18H20F3N5. The van der Waals surface area contributed by atoms with Gasteiger partial charge in [0.15, 0.2) is 5.96 Å². The molecular weight excluding hydrogens is 343 g/mol. The molecule has 0 spiro atoms. The molecule has 0 fully saturated rings. The van der Waals surface area contributed by atoms with Gasteiger partial charge in [-0.05, 0) is 30.7 Å². The van der Waals surface area contributed by atoms with Crippen LogP contribution in [0.3, 0.4) is 0 Å². The van der Waals surface area contributed by atoms with Crippen LogP contribution in [-0.4, -0.2) is 35.9 Å². The van der Waals surface area contributed by atoms with E-state index in [-0.39, 0.29) is 6.54 Å². The number of hydrogen-bond donors (Lipinski definition) is 2. The Labute approximate surface area is 150 Å². The van der Waals surface area contributed by atoms with E-state index in [0.717, 1.165) is 25.1 Å². The normalized spacial score (nSPS) is 11.6. The van der Waals surface area contributed by atoms with Gasteiger partial charge in [0.25, 0.3) is 0 Å². The number of benzene rings is 1. The maximum Gasteiger partial charge on any atom is 0.416 e. The van der Waals surface area contributed by atoms with Crippen LogP contribution in [-0.2, 0) is 12.7 Å². The number of nitrogens with zero attached hydrogens (tertiary/aromatic N) is 3. The molecule has 0 atom stereocenters. The summed E-state index contributed by atoms with van der Waals surface area (Å²) in [4.78, 5) is 4.07. The molecule has 0 saturated carbocycles. The van der Waals surface area contributed by atoms with Gasteiger partial charge in [-0.1, -0.05) is 17.9 Å². The number of aryl methyl sites for hydroxylation is 1. The van der Waals surface area contributed by atoms with E-state index in [0.29, 0.717) is 18.1 Å². The van der Waals surface area contributed by atoms with Crippen molar-refractivity contribution in [3.63, 3.8) is 0 Å². The minimum Gasteiger partial charge on any atom is -0.356 e. The average Bonchev–Trinajstić information content (AvgIpc) is 3.13. The van der Waals surface area contributed by atoms with E-state index >= 15 is 0 Å². The average molecular weight is 363 g/mol. The van der Waals surface area contributed by atoms with Crippen LogP contribution in [0.2, 0.25) is 0 Å². The fourth-order valence-electron chi connectivity index (χ4n) is 2.15. The van der Waals surface area contributed by atoms with E-state index < -0.39 is 11.7 Å². The molecule has 1 heterocycles. The SMILES string of the molecule is CN=C(NCC#Cc1cccc(C(F)(F)F)c1)NCCCn1cccn1. The van der Waals surface area contributed by atoms with Gasteiger partial charge in [-0.15, -0.1) is 0 Å².